The van der Waals surface area contributed by atoms with Crippen molar-refractivity contribution < 1.29 is 23.4 Å². The number of halogens is 2. The Morgan fingerprint density at radius 2 is 1.89 bits per heavy atom. The van der Waals surface area contributed by atoms with Gasteiger partial charge < -0.3 is 18.6 Å². The smallest absolute Gasteiger partial charge is 0.338 e. The van der Waals surface area contributed by atoms with Gasteiger partial charge in [-0.25, -0.2) is 4.79 Å². The van der Waals surface area contributed by atoms with Crippen molar-refractivity contribution in [2.45, 2.75) is 19.9 Å². The molecule has 0 fully saturated rings. The van der Waals surface area contributed by atoms with E-state index in [0.29, 0.717) is 64.5 Å². The van der Waals surface area contributed by atoms with Gasteiger partial charge in [0.2, 0.25) is 11.2 Å². The van der Waals surface area contributed by atoms with Crippen LogP contribution in [0.5, 0.6) is 17.2 Å². The van der Waals surface area contributed by atoms with Crippen LogP contribution in [0.1, 0.15) is 28.4 Å². The SMILES string of the molecule is CCOC(=O)c1ccc(Oc2coc3c4c(ccc3c2=O)OCN(CCc2ccc(Cl)cc2Cl)C4)cc1. The number of nitrogens with zero attached hydrogens (tertiary/aromatic N) is 1. The summed E-state index contributed by atoms with van der Waals surface area (Å²) >= 11 is 12.3. The highest BCUT2D eigenvalue weighted by molar-refractivity contribution is 6.35. The second kappa shape index (κ2) is 10.8. The first-order chi connectivity index (χ1) is 17.9. The van der Waals surface area contributed by atoms with Crippen LogP contribution in [-0.4, -0.2) is 30.8 Å². The zero-order valence-electron chi connectivity index (χ0n) is 20.0. The van der Waals surface area contributed by atoms with E-state index >= 15 is 0 Å². The lowest BCUT2D eigenvalue weighted by Crippen LogP contribution is -2.33. The quantitative estimate of drug-likeness (QED) is 0.249. The molecule has 4 aromatic rings. The molecule has 3 aromatic carbocycles. The van der Waals surface area contributed by atoms with Crippen molar-refractivity contribution in [2.75, 3.05) is 19.9 Å². The van der Waals surface area contributed by atoms with Gasteiger partial charge >= 0.3 is 5.97 Å². The van der Waals surface area contributed by atoms with E-state index in [2.05, 4.69) is 4.90 Å². The van der Waals surface area contributed by atoms with E-state index in [1.54, 1.807) is 49.4 Å². The molecule has 0 N–H and O–H groups in total. The Kier molecular flexibility index (Phi) is 7.37. The summed E-state index contributed by atoms with van der Waals surface area (Å²) in [5.41, 5.74) is 2.35. The van der Waals surface area contributed by atoms with Crippen LogP contribution in [0.25, 0.3) is 11.0 Å². The van der Waals surface area contributed by atoms with E-state index in [9.17, 15) is 9.59 Å². The minimum atomic E-state index is -0.420. The maximum atomic E-state index is 13.2. The van der Waals surface area contributed by atoms with Crippen LogP contribution in [-0.2, 0) is 17.7 Å². The average molecular weight is 540 g/mol. The van der Waals surface area contributed by atoms with Gasteiger partial charge in [-0.1, -0.05) is 29.3 Å². The molecule has 0 atom stereocenters. The Bertz CT molecular complexity index is 1520. The van der Waals surface area contributed by atoms with Gasteiger partial charge in [0.25, 0.3) is 0 Å². The Balaban J connectivity index is 1.34. The zero-order valence-corrected chi connectivity index (χ0v) is 21.5. The zero-order chi connectivity index (χ0) is 25.9. The van der Waals surface area contributed by atoms with Crippen LogP contribution in [0.4, 0.5) is 0 Å². The standard InChI is InChI=1S/C28H23Cl2NO6/c1-2-34-28(33)18-4-7-20(8-5-18)37-25-15-35-27-21(26(25)32)9-10-24-22(27)14-31(16-36-24)12-11-17-3-6-19(29)13-23(17)30/h3-10,13,15H,2,11-12,14,16H2,1H3. The molecule has 0 aliphatic carbocycles. The first-order valence-electron chi connectivity index (χ1n) is 11.7. The number of hydrogen-bond acceptors (Lipinski definition) is 7. The van der Waals surface area contributed by atoms with Crippen LogP contribution < -0.4 is 14.9 Å². The lowest BCUT2D eigenvalue weighted by atomic mass is 10.1. The number of rotatable bonds is 7. The van der Waals surface area contributed by atoms with Gasteiger partial charge in [-0.2, -0.15) is 0 Å². The van der Waals surface area contributed by atoms with E-state index in [0.717, 1.165) is 17.5 Å². The third-order valence-electron chi connectivity index (χ3n) is 6.06. The van der Waals surface area contributed by atoms with Crippen LogP contribution in [0.2, 0.25) is 10.0 Å². The maximum Gasteiger partial charge on any atom is 0.338 e. The lowest BCUT2D eigenvalue weighted by molar-refractivity contribution is 0.0526. The largest absolute Gasteiger partial charge is 0.478 e. The third kappa shape index (κ3) is 5.44. The number of carbonyl (C=O) groups is 1. The maximum absolute atomic E-state index is 13.2. The second-order valence-corrected chi connectivity index (χ2v) is 9.35. The first-order valence-corrected chi connectivity index (χ1v) is 12.5. The number of benzene rings is 3. The Morgan fingerprint density at radius 1 is 1.08 bits per heavy atom. The molecule has 2 heterocycles. The molecule has 0 amide bonds. The molecule has 1 aromatic heterocycles. The number of fused-ring (bicyclic) bond motifs is 3. The van der Waals surface area contributed by atoms with E-state index in [1.165, 1.54) is 6.26 Å². The van der Waals surface area contributed by atoms with Gasteiger partial charge in [-0.3, -0.25) is 9.69 Å². The summed E-state index contributed by atoms with van der Waals surface area (Å²) < 4.78 is 22.6. The molecule has 1 aliphatic rings. The normalized spacial score (nSPS) is 13.2. The van der Waals surface area contributed by atoms with Gasteiger partial charge in [0, 0.05) is 23.1 Å². The molecule has 0 saturated carbocycles. The summed E-state index contributed by atoms with van der Waals surface area (Å²) in [6.07, 6.45) is 2.02. The lowest BCUT2D eigenvalue weighted by Gasteiger charge is -2.29. The van der Waals surface area contributed by atoms with Crippen molar-refractivity contribution in [3.63, 3.8) is 0 Å². The van der Waals surface area contributed by atoms with E-state index in [1.807, 2.05) is 12.1 Å². The molecule has 0 radical (unpaired) electrons. The molecule has 9 heteroatoms. The molecule has 5 rings (SSSR count). The highest BCUT2D eigenvalue weighted by Gasteiger charge is 2.23. The van der Waals surface area contributed by atoms with Crippen LogP contribution in [0.3, 0.4) is 0 Å². The molecule has 7 nitrogen and oxygen atoms in total. The van der Waals surface area contributed by atoms with Crippen molar-refractivity contribution in [1.29, 1.82) is 0 Å². The van der Waals surface area contributed by atoms with Crippen molar-refractivity contribution in [3.8, 4) is 17.2 Å². The Labute approximate surface area is 223 Å². The topological polar surface area (TPSA) is 78.2 Å². The van der Waals surface area contributed by atoms with Crippen LogP contribution in [0.15, 0.2) is 70.1 Å². The van der Waals surface area contributed by atoms with Crippen molar-refractivity contribution >= 4 is 40.1 Å². The van der Waals surface area contributed by atoms with Crippen LogP contribution in [0, 0.1) is 0 Å². The van der Waals surface area contributed by atoms with Gasteiger partial charge in [0.05, 0.1) is 23.1 Å². The summed E-state index contributed by atoms with van der Waals surface area (Å²) in [4.78, 5) is 27.2. The fraction of sp³-hybridized carbons (Fsp3) is 0.214. The Hall–Kier alpha value is -3.52. The van der Waals surface area contributed by atoms with Crippen molar-refractivity contribution in [2.24, 2.45) is 0 Å². The highest BCUT2D eigenvalue weighted by Crippen LogP contribution is 2.33. The molecule has 37 heavy (non-hydrogen) atoms. The third-order valence-corrected chi connectivity index (χ3v) is 6.65. The molecule has 1 aliphatic heterocycles. The number of ether oxygens (including phenoxy) is 3. The summed E-state index contributed by atoms with van der Waals surface area (Å²) in [6, 6.07) is 15.3. The average Bonchev–Trinajstić information content (AvgIpc) is 2.90. The van der Waals surface area contributed by atoms with E-state index in [4.69, 9.17) is 41.8 Å². The van der Waals surface area contributed by atoms with E-state index < -0.39 is 5.97 Å². The second-order valence-electron chi connectivity index (χ2n) is 8.51. The molecule has 0 spiro atoms. The predicted molar refractivity (Wildman–Crippen MR) is 141 cm³/mol. The van der Waals surface area contributed by atoms with Crippen molar-refractivity contribution in [3.05, 3.63) is 97.8 Å². The van der Waals surface area contributed by atoms with Crippen LogP contribution >= 0.6 is 23.2 Å². The number of carbonyl (C=O) groups excluding carboxylic acids is 1. The van der Waals surface area contributed by atoms with E-state index in [-0.39, 0.29) is 11.2 Å². The summed E-state index contributed by atoms with van der Waals surface area (Å²) in [6.45, 7) is 3.70. The summed E-state index contributed by atoms with van der Waals surface area (Å²) in [5.74, 6) is 0.701. The monoisotopic (exact) mass is 539 g/mol. The van der Waals surface area contributed by atoms with Gasteiger partial charge in [0.1, 0.15) is 30.1 Å². The highest BCUT2D eigenvalue weighted by atomic mass is 35.5. The minimum Gasteiger partial charge on any atom is -0.478 e. The molecular formula is C28H23Cl2NO6. The molecule has 190 valence electrons. The fourth-order valence-corrected chi connectivity index (χ4v) is 4.66. The fourth-order valence-electron chi connectivity index (χ4n) is 4.15. The number of hydrogen-bond donors (Lipinski definition) is 0. The summed E-state index contributed by atoms with van der Waals surface area (Å²) in [5, 5.41) is 1.62. The summed E-state index contributed by atoms with van der Waals surface area (Å²) in [7, 11) is 0. The molecule has 0 bridgehead atoms. The molecule has 0 saturated heterocycles. The number of esters is 1. The van der Waals surface area contributed by atoms with Gasteiger partial charge in [-0.15, -0.1) is 0 Å². The first kappa shape index (κ1) is 25.1. The van der Waals surface area contributed by atoms with Gasteiger partial charge in [0.15, 0.2) is 0 Å². The molecular weight excluding hydrogens is 517 g/mol. The van der Waals surface area contributed by atoms with Crippen molar-refractivity contribution in [1.82, 2.24) is 4.90 Å². The van der Waals surface area contributed by atoms with Gasteiger partial charge in [-0.05, 0) is 67.4 Å². The Morgan fingerprint density at radius 3 is 2.65 bits per heavy atom. The minimum absolute atomic E-state index is 0.0438. The molecule has 0 unspecified atom stereocenters. The predicted octanol–water partition coefficient (Wildman–Crippen LogP) is 6.46.